The molecule has 4 aromatic rings. The summed E-state index contributed by atoms with van der Waals surface area (Å²) in [6, 6.07) is 31.6. The number of fused-ring (bicyclic) bond motifs is 1. The quantitative estimate of drug-likeness (QED) is 0.307. The minimum absolute atomic E-state index is 0. The van der Waals surface area contributed by atoms with Crippen LogP contribution in [0, 0.1) is 0 Å². The normalized spacial score (nSPS) is 21.3. The summed E-state index contributed by atoms with van der Waals surface area (Å²) in [6.45, 7) is 0. The van der Waals surface area contributed by atoms with Crippen LogP contribution in [0.1, 0.15) is 48.4 Å². The van der Waals surface area contributed by atoms with E-state index in [1.54, 1.807) is 0 Å². The van der Waals surface area contributed by atoms with E-state index >= 15 is 0 Å². The number of para-hydroxylation sites is 1. The van der Waals surface area contributed by atoms with E-state index in [0.29, 0.717) is 12.1 Å². The minimum atomic E-state index is 0. The molecule has 3 aromatic carbocycles. The monoisotopic (exact) mass is 473 g/mol. The maximum atomic E-state index is 3.69. The molecule has 0 aliphatic heterocycles. The van der Waals surface area contributed by atoms with Gasteiger partial charge in [-0.3, -0.25) is 4.90 Å². The summed E-state index contributed by atoms with van der Waals surface area (Å²) in [7, 11) is 4.47. The number of aromatic nitrogens is 1. The molecule has 4 heteroatoms. The lowest BCUT2D eigenvalue weighted by molar-refractivity contribution is 0.0988. The zero-order valence-electron chi connectivity index (χ0n) is 20.2. The van der Waals surface area contributed by atoms with Crippen molar-refractivity contribution in [2.45, 2.75) is 49.7 Å². The van der Waals surface area contributed by atoms with E-state index < -0.39 is 0 Å². The van der Waals surface area contributed by atoms with E-state index in [1.807, 2.05) is 0 Å². The average molecular weight is 474 g/mol. The maximum absolute atomic E-state index is 3.69. The van der Waals surface area contributed by atoms with E-state index in [0.717, 1.165) is 19.3 Å². The number of hydrogen-bond donors (Lipinski definition) is 2. The van der Waals surface area contributed by atoms with Crippen LogP contribution in [0.25, 0.3) is 10.9 Å². The summed E-state index contributed by atoms with van der Waals surface area (Å²) < 4.78 is 0. The number of aromatic amines is 1. The van der Waals surface area contributed by atoms with Gasteiger partial charge in [-0.15, -0.1) is 12.4 Å². The van der Waals surface area contributed by atoms with Crippen molar-refractivity contribution in [2.24, 2.45) is 0 Å². The highest BCUT2D eigenvalue weighted by Gasteiger charge is 2.38. The Labute approximate surface area is 210 Å². The van der Waals surface area contributed by atoms with Crippen LogP contribution in [-0.2, 0) is 12.0 Å². The van der Waals surface area contributed by atoms with E-state index in [2.05, 4.69) is 120 Å². The fraction of sp³-hybridized carbons (Fsp3) is 0.333. The molecule has 0 amide bonds. The molecule has 1 aliphatic rings. The minimum Gasteiger partial charge on any atom is -0.361 e. The fourth-order valence-corrected chi connectivity index (χ4v) is 5.88. The first-order chi connectivity index (χ1) is 16.2. The second kappa shape index (κ2) is 10.8. The predicted molar refractivity (Wildman–Crippen MR) is 146 cm³/mol. The molecule has 1 aliphatic carbocycles. The molecule has 1 heterocycles. The van der Waals surface area contributed by atoms with Crippen molar-refractivity contribution in [1.29, 1.82) is 0 Å². The zero-order chi connectivity index (χ0) is 22.7. The van der Waals surface area contributed by atoms with Crippen LogP contribution >= 0.6 is 12.4 Å². The van der Waals surface area contributed by atoms with Gasteiger partial charge in [-0.2, -0.15) is 0 Å². The Bertz CT molecular complexity index is 1160. The van der Waals surface area contributed by atoms with Gasteiger partial charge in [-0.05, 0) is 69.0 Å². The number of nitrogens with one attached hydrogen (secondary N) is 2. The van der Waals surface area contributed by atoms with E-state index in [9.17, 15) is 0 Å². The molecule has 178 valence electrons. The largest absolute Gasteiger partial charge is 0.361 e. The lowest BCUT2D eigenvalue weighted by Gasteiger charge is -2.45. The van der Waals surface area contributed by atoms with Gasteiger partial charge in [0.25, 0.3) is 0 Å². The summed E-state index contributed by atoms with van der Waals surface area (Å²) in [5, 5.41) is 5.03. The molecule has 0 radical (unpaired) electrons. The smallest absolute Gasteiger partial charge is 0.0456 e. The molecule has 0 spiro atoms. The van der Waals surface area contributed by atoms with Gasteiger partial charge in [0.05, 0.1) is 0 Å². The topological polar surface area (TPSA) is 31.1 Å². The first-order valence-corrected chi connectivity index (χ1v) is 12.3. The van der Waals surface area contributed by atoms with Crippen molar-refractivity contribution in [3.63, 3.8) is 0 Å². The van der Waals surface area contributed by atoms with Crippen LogP contribution in [0.3, 0.4) is 0 Å². The second-order valence-corrected chi connectivity index (χ2v) is 9.58. The van der Waals surface area contributed by atoms with Crippen LogP contribution in [0.5, 0.6) is 0 Å². The summed E-state index contributed by atoms with van der Waals surface area (Å²) in [5.41, 5.74) is 5.54. The predicted octanol–water partition coefficient (Wildman–Crippen LogP) is 6.86. The van der Waals surface area contributed by atoms with E-state index in [1.165, 1.54) is 40.4 Å². The van der Waals surface area contributed by atoms with E-state index in [4.69, 9.17) is 0 Å². The summed E-state index contributed by atoms with van der Waals surface area (Å²) in [5.74, 6) is 0. The summed E-state index contributed by atoms with van der Waals surface area (Å²) in [6.07, 6.45) is 7.94. The third kappa shape index (κ3) is 4.79. The van der Waals surface area contributed by atoms with Crippen molar-refractivity contribution in [3.05, 3.63) is 108 Å². The number of benzene rings is 3. The number of hydrogen-bond acceptors (Lipinski definition) is 2. The zero-order valence-corrected chi connectivity index (χ0v) is 21.0. The third-order valence-electron chi connectivity index (χ3n) is 7.95. The molecule has 34 heavy (non-hydrogen) atoms. The molecule has 1 atom stereocenters. The number of rotatable bonds is 7. The van der Waals surface area contributed by atoms with Crippen LogP contribution in [-0.4, -0.2) is 30.0 Å². The Hall–Kier alpha value is -2.59. The van der Waals surface area contributed by atoms with Crippen molar-refractivity contribution in [1.82, 2.24) is 15.2 Å². The van der Waals surface area contributed by atoms with Gasteiger partial charge < -0.3 is 10.3 Å². The summed E-state index contributed by atoms with van der Waals surface area (Å²) in [4.78, 5) is 6.13. The molecule has 0 bridgehead atoms. The maximum Gasteiger partial charge on any atom is 0.0456 e. The molecule has 2 N–H and O–H groups in total. The summed E-state index contributed by atoms with van der Waals surface area (Å²) >= 11 is 0. The van der Waals surface area contributed by atoms with Crippen molar-refractivity contribution in [2.75, 3.05) is 14.1 Å². The Morgan fingerprint density at radius 2 is 1.53 bits per heavy atom. The lowest BCUT2D eigenvalue weighted by Crippen LogP contribution is -2.48. The molecule has 3 nitrogen and oxygen atoms in total. The number of likely N-dealkylation sites (N-methyl/N-ethyl adjacent to an activating group) is 1. The highest BCUT2D eigenvalue weighted by Crippen LogP contribution is 2.40. The Morgan fingerprint density at radius 1 is 0.912 bits per heavy atom. The number of H-pyrrole nitrogens is 1. The molecule has 0 saturated heterocycles. The van der Waals surface area contributed by atoms with Gasteiger partial charge in [0.2, 0.25) is 0 Å². The fourth-order valence-electron chi connectivity index (χ4n) is 5.88. The van der Waals surface area contributed by atoms with Crippen LogP contribution in [0.4, 0.5) is 0 Å². The van der Waals surface area contributed by atoms with Crippen LogP contribution < -0.4 is 5.32 Å². The Morgan fingerprint density at radius 3 is 2.21 bits per heavy atom. The van der Waals surface area contributed by atoms with Gasteiger partial charge in [0, 0.05) is 34.7 Å². The number of halogens is 1. The van der Waals surface area contributed by atoms with Gasteiger partial charge >= 0.3 is 0 Å². The van der Waals surface area contributed by atoms with Gasteiger partial charge in [-0.25, -0.2) is 0 Å². The second-order valence-electron chi connectivity index (χ2n) is 9.58. The first kappa shape index (κ1) is 24.5. The van der Waals surface area contributed by atoms with Crippen molar-refractivity contribution >= 4 is 23.3 Å². The van der Waals surface area contributed by atoms with Crippen molar-refractivity contribution in [3.8, 4) is 0 Å². The van der Waals surface area contributed by atoms with Crippen molar-refractivity contribution < 1.29 is 0 Å². The number of nitrogens with zero attached hydrogens (tertiary/aromatic N) is 1. The SMILES string of the molecule is CNC1(c2ccccc2)CCC(N(C)C(Cc2c[nH]c3ccccc23)c2ccccc2)CC1.Cl. The molecule has 1 saturated carbocycles. The molecular formula is C30H36ClN3. The molecule has 1 fully saturated rings. The van der Waals surface area contributed by atoms with Gasteiger partial charge in [0.15, 0.2) is 0 Å². The van der Waals surface area contributed by atoms with Crippen LogP contribution in [0.15, 0.2) is 91.1 Å². The molecule has 5 rings (SSSR count). The molecule has 1 unspecified atom stereocenters. The Balaban J connectivity index is 0.00000274. The average Bonchev–Trinajstić information content (AvgIpc) is 3.31. The first-order valence-electron chi connectivity index (χ1n) is 12.3. The molecule has 1 aromatic heterocycles. The molecular weight excluding hydrogens is 438 g/mol. The van der Waals surface area contributed by atoms with E-state index in [-0.39, 0.29) is 17.9 Å². The standard InChI is InChI=1S/C30H35N3.ClH/c1-31-30(25-13-7-4-8-14-25)19-17-26(18-20-30)33(2)29(23-11-5-3-6-12-23)21-24-22-32-28-16-10-9-15-27(24)28;/h3-16,22,26,29,31-32H,17-21H2,1-2H3;1H. The third-order valence-corrected chi connectivity index (χ3v) is 7.95. The van der Waals surface area contributed by atoms with Gasteiger partial charge in [-0.1, -0.05) is 78.9 Å². The van der Waals surface area contributed by atoms with Crippen LogP contribution in [0.2, 0.25) is 0 Å². The highest BCUT2D eigenvalue weighted by atomic mass is 35.5. The van der Waals surface area contributed by atoms with Gasteiger partial charge in [0.1, 0.15) is 0 Å². The highest BCUT2D eigenvalue weighted by molar-refractivity contribution is 5.85. The lowest BCUT2D eigenvalue weighted by atomic mass is 9.74. The Kier molecular flexibility index (Phi) is 7.77.